The Bertz CT molecular complexity index is 1550. The SMILES string of the molecule is CC(C)(C)c1cc(-[n+]2[c-]n(-c3[c-]c(-c4[c-]cccc4)ccc3)c3ccccc32)c(O)c(C(C)(C)C)c1.[Au+3]. The second kappa shape index (κ2) is 9.98. The molecule has 190 valence electrons. The summed E-state index contributed by atoms with van der Waals surface area (Å²) < 4.78 is 3.99. The molecule has 0 radical (unpaired) electrons. The Morgan fingerprint density at radius 1 is 0.784 bits per heavy atom. The van der Waals surface area contributed by atoms with E-state index in [0.717, 1.165) is 39.1 Å². The first kappa shape index (κ1) is 26.9. The molecule has 0 aliphatic heterocycles. The van der Waals surface area contributed by atoms with Crippen molar-refractivity contribution in [2.45, 2.75) is 52.4 Å². The number of rotatable bonds is 3. The van der Waals surface area contributed by atoms with Gasteiger partial charge < -0.3 is 9.67 Å². The van der Waals surface area contributed by atoms with E-state index < -0.39 is 0 Å². The fourth-order valence-corrected chi connectivity index (χ4v) is 4.52. The van der Waals surface area contributed by atoms with Crippen LogP contribution in [0.3, 0.4) is 0 Å². The summed E-state index contributed by atoms with van der Waals surface area (Å²) in [7, 11) is 0. The maximum atomic E-state index is 11.5. The third kappa shape index (κ3) is 5.17. The van der Waals surface area contributed by atoms with Gasteiger partial charge in [0.25, 0.3) is 6.33 Å². The smallest absolute Gasteiger partial charge is 0.511 e. The number of hydrogen-bond donors (Lipinski definition) is 1. The minimum atomic E-state index is -0.215. The number of phenolic OH excluding ortho intramolecular Hbond substituents is 1. The first-order chi connectivity index (χ1) is 17.0. The van der Waals surface area contributed by atoms with Gasteiger partial charge in [0.15, 0.2) is 0 Å². The Hall–Kier alpha value is -3.11. The van der Waals surface area contributed by atoms with Gasteiger partial charge in [-0.3, -0.25) is 4.57 Å². The Morgan fingerprint density at radius 2 is 1.49 bits per heavy atom. The molecular weight excluding hydrogens is 637 g/mol. The van der Waals surface area contributed by atoms with Gasteiger partial charge in [0, 0.05) is 0 Å². The zero-order valence-electron chi connectivity index (χ0n) is 22.1. The molecule has 0 aliphatic carbocycles. The van der Waals surface area contributed by atoms with Crippen LogP contribution in [0.15, 0.2) is 78.9 Å². The average molecular weight is 670 g/mol. The Morgan fingerprint density at radius 3 is 2.16 bits per heavy atom. The summed E-state index contributed by atoms with van der Waals surface area (Å²) in [6, 6.07) is 33.3. The van der Waals surface area contributed by atoms with Crippen molar-refractivity contribution in [1.82, 2.24) is 4.57 Å². The number of aromatic hydroxyl groups is 1. The largest absolute Gasteiger partial charge is 3.00 e. The molecule has 37 heavy (non-hydrogen) atoms. The van der Waals surface area contributed by atoms with E-state index in [1.54, 1.807) is 0 Å². The van der Waals surface area contributed by atoms with E-state index in [4.69, 9.17) is 0 Å². The average Bonchev–Trinajstić information content (AvgIpc) is 3.23. The molecule has 0 spiro atoms. The van der Waals surface area contributed by atoms with Crippen LogP contribution < -0.4 is 4.57 Å². The van der Waals surface area contributed by atoms with Crippen LogP contribution in [-0.4, -0.2) is 9.67 Å². The van der Waals surface area contributed by atoms with Crippen molar-refractivity contribution in [3.63, 3.8) is 0 Å². The maximum absolute atomic E-state index is 11.5. The third-order valence-electron chi connectivity index (χ3n) is 6.59. The topological polar surface area (TPSA) is 29.0 Å². The van der Waals surface area contributed by atoms with Gasteiger partial charge >= 0.3 is 22.4 Å². The molecular formula is C33H32AuN2O+. The summed E-state index contributed by atoms with van der Waals surface area (Å²) in [5.41, 5.74) is 7.33. The molecule has 0 amide bonds. The van der Waals surface area contributed by atoms with Gasteiger partial charge in [-0.1, -0.05) is 71.9 Å². The van der Waals surface area contributed by atoms with E-state index >= 15 is 0 Å². The van der Waals surface area contributed by atoms with Gasteiger partial charge in [0.2, 0.25) is 0 Å². The number of para-hydroxylation sites is 2. The quantitative estimate of drug-likeness (QED) is 0.122. The van der Waals surface area contributed by atoms with Crippen LogP contribution in [0.4, 0.5) is 0 Å². The maximum Gasteiger partial charge on any atom is 3.00 e. The van der Waals surface area contributed by atoms with E-state index in [1.807, 2.05) is 63.7 Å². The summed E-state index contributed by atoms with van der Waals surface area (Å²) in [4.78, 5) is 0. The molecule has 0 saturated carbocycles. The molecule has 0 atom stereocenters. The van der Waals surface area contributed by atoms with Crippen molar-refractivity contribution in [3.8, 4) is 28.3 Å². The number of hydrogen-bond acceptors (Lipinski definition) is 1. The number of imidazole rings is 1. The van der Waals surface area contributed by atoms with Crippen molar-refractivity contribution in [2.24, 2.45) is 0 Å². The molecule has 1 N–H and O–H groups in total. The summed E-state index contributed by atoms with van der Waals surface area (Å²) in [5.74, 6) is 0.288. The monoisotopic (exact) mass is 669 g/mol. The van der Waals surface area contributed by atoms with Crippen LogP contribution in [0.1, 0.15) is 52.7 Å². The number of nitrogens with zero attached hydrogens (tertiary/aromatic N) is 2. The van der Waals surface area contributed by atoms with E-state index in [-0.39, 0.29) is 39.0 Å². The predicted molar refractivity (Wildman–Crippen MR) is 146 cm³/mol. The molecule has 1 heterocycles. The van der Waals surface area contributed by atoms with Crippen molar-refractivity contribution in [2.75, 3.05) is 0 Å². The van der Waals surface area contributed by atoms with Gasteiger partial charge in [-0.25, -0.2) is 11.1 Å². The molecule has 0 fully saturated rings. The zero-order chi connectivity index (χ0) is 25.7. The zero-order valence-corrected chi connectivity index (χ0v) is 24.3. The number of fused-ring (bicyclic) bond motifs is 1. The van der Waals surface area contributed by atoms with Crippen LogP contribution in [0.2, 0.25) is 0 Å². The van der Waals surface area contributed by atoms with Crippen LogP contribution in [0.25, 0.3) is 33.5 Å². The van der Waals surface area contributed by atoms with Crippen molar-refractivity contribution < 1.29 is 32.1 Å². The summed E-state index contributed by atoms with van der Waals surface area (Å²) >= 11 is 0. The minimum Gasteiger partial charge on any atom is -0.511 e. The van der Waals surface area contributed by atoms with E-state index in [2.05, 4.69) is 84.3 Å². The van der Waals surface area contributed by atoms with Gasteiger partial charge in [0.1, 0.15) is 11.4 Å². The van der Waals surface area contributed by atoms with Crippen LogP contribution in [0, 0.1) is 18.5 Å². The molecule has 1 aromatic heterocycles. The van der Waals surface area contributed by atoms with E-state index in [0.29, 0.717) is 0 Å². The van der Waals surface area contributed by atoms with Gasteiger partial charge in [-0.05, 0) is 33.7 Å². The molecule has 5 aromatic rings. The second-order valence-corrected chi connectivity index (χ2v) is 11.4. The van der Waals surface area contributed by atoms with Gasteiger partial charge in [-0.2, -0.15) is 42.5 Å². The second-order valence-electron chi connectivity index (χ2n) is 11.4. The van der Waals surface area contributed by atoms with E-state index in [1.165, 1.54) is 5.56 Å². The van der Waals surface area contributed by atoms with Crippen LogP contribution in [-0.2, 0) is 33.2 Å². The van der Waals surface area contributed by atoms with Crippen LogP contribution >= 0.6 is 0 Å². The standard InChI is InChI=1S/C33H32N2O.Au/c1-32(2,3)25-20-27(33(4,5)6)31(36)30(21-25)35-22-34(28-17-10-11-18-29(28)35)26-16-12-15-24(19-26)23-13-8-7-9-14-23;/h7-13,15-18,20-21,36H,1-6H3;/q-2;+3. The Kier molecular flexibility index (Phi) is 7.27. The fraction of sp³-hybridized carbons (Fsp3) is 0.242. The summed E-state index contributed by atoms with van der Waals surface area (Å²) in [6.07, 6.45) is 3.53. The predicted octanol–water partition coefficient (Wildman–Crippen LogP) is 7.27. The van der Waals surface area contributed by atoms with E-state index in [9.17, 15) is 5.11 Å². The number of benzene rings is 4. The molecule has 0 unspecified atom stereocenters. The molecule has 0 bridgehead atoms. The van der Waals surface area contributed by atoms with Crippen LogP contribution in [0.5, 0.6) is 5.75 Å². The molecule has 5 rings (SSSR count). The Labute approximate surface area is 235 Å². The van der Waals surface area contributed by atoms with Crippen molar-refractivity contribution >= 4 is 11.0 Å². The fourth-order valence-electron chi connectivity index (χ4n) is 4.52. The van der Waals surface area contributed by atoms with Crippen molar-refractivity contribution in [1.29, 1.82) is 0 Å². The molecule has 4 heteroatoms. The van der Waals surface area contributed by atoms with Gasteiger partial charge in [-0.15, -0.1) is 12.1 Å². The summed E-state index contributed by atoms with van der Waals surface area (Å²) in [5, 5.41) is 11.5. The first-order valence-electron chi connectivity index (χ1n) is 12.4. The third-order valence-corrected chi connectivity index (χ3v) is 6.59. The Balaban J connectivity index is 0.00000320. The first-order valence-corrected chi connectivity index (χ1v) is 12.4. The minimum absolute atomic E-state index is 0. The normalized spacial score (nSPS) is 11.9. The molecule has 4 aromatic carbocycles. The molecule has 3 nitrogen and oxygen atoms in total. The van der Waals surface area contributed by atoms with Gasteiger partial charge in [0.05, 0.1) is 11.0 Å². The number of aromatic nitrogens is 2. The van der Waals surface area contributed by atoms with Crippen molar-refractivity contribution in [3.05, 3.63) is 108 Å². The molecule has 0 saturated heterocycles. The number of phenols is 1. The molecule has 0 aliphatic rings. The summed E-state index contributed by atoms with van der Waals surface area (Å²) in [6.45, 7) is 13.0.